The van der Waals surface area contributed by atoms with E-state index in [-0.39, 0.29) is 5.41 Å². The summed E-state index contributed by atoms with van der Waals surface area (Å²) in [5, 5.41) is 7.66. The molecule has 2 aromatic rings. The lowest BCUT2D eigenvalue weighted by molar-refractivity contribution is 0.191. The second kappa shape index (κ2) is 9.63. The minimum absolute atomic E-state index is 0.00337. The van der Waals surface area contributed by atoms with Gasteiger partial charge in [0, 0.05) is 49.5 Å². The summed E-state index contributed by atoms with van der Waals surface area (Å²) in [7, 11) is 1.74. The smallest absolute Gasteiger partial charge is 0.223 e. The standard InChI is InChI=1S/C24H32ClN5O/c1-24(2)15-26-13-17-5-4-16(12-20(17)24)22-21(25)14-28-23(30-22)29-19-8-6-18(7-9-19)27-10-11-31-3/h4-5,12-14,18-19,27H,6-11,15H2,1-3H3,(H,28,29,30). The van der Waals surface area contributed by atoms with Crippen LogP contribution < -0.4 is 10.6 Å². The zero-order valence-electron chi connectivity index (χ0n) is 18.6. The molecule has 0 radical (unpaired) electrons. The van der Waals surface area contributed by atoms with E-state index < -0.39 is 0 Å². The number of aromatic nitrogens is 2. The molecular formula is C24H32ClN5O. The number of halogens is 1. The fourth-order valence-corrected chi connectivity index (χ4v) is 4.69. The van der Waals surface area contributed by atoms with Crippen molar-refractivity contribution in [3.63, 3.8) is 0 Å². The molecule has 0 saturated heterocycles. The lowest BCUT2D eigenvalue weighted by Gasteiger charge is -2.30. The van der Waals surface area contributed by atoms with Crippen LogP contribution in [0.1, 0.15) is 50.7 Å². The number of ether oxygens (including phenoxy) is 1. The fraction of sp³-hybridized carbons (Fsp3) is 0.542. The van der Waals surface area contributed by atoms with Crippen LogP contribution in [0.2, 0.25) is 5.02 Å². The van der Waals surface area contributed by atoms with Gasteiger partial charge in [-0.1, -0.05) is 37.6 Å². The monoisotopic (exact) mass is 441 g/mol. The molecule has 2 heterocycles. The average Bonchev–Trinajstić information content (AvgIpc) is 2.76. The average molecular weight is 442 g/mol. The van der Waals surface area contributed by atoms with Crippen molar-refractivity contribution in [2.24, 2.45) is 4.99 Å². The largest absolute Gasteiger partial charge is 0.383 e. The molecule has 166 valence electrons. The zero-order valence-corrected chi connectivity index (χ0v) is 19.4. The molecule has 4 rings (SSSR count). The van der Waals surface area contributed by atoms with E-state index in [0.29, 0.717) is 23.1 Å². The molecule has 1 aromatic carbocycles. The number of methoxy groups -OCH3 is 1. The first-order valence-electron chi connectivity index (χ1n) is 11.1. The first-order valence-corrected chi connectivity index (χ1v) is 11.5. The maximum Gasteiger partial charge on any atom is 0.223 e. The van der Waals surface area contributed by atoms with Gasteiger partial charge in [0.15, 0.2) is 0 Å². The van der Waals surface area contributed by atoms with Gasteiger partial charge < -0.3 is 15.4 Å². The maximum atomic E-state index is 6.51. The summed E-state index contributed by atoms with van der Waals surface area (Å²) in [6.07, 6.45) is 8.14. The molecule has 6 nitrogen and oxygen atoms in total. The van der Waals surface area contributed by atoms with E-state index in [9.17, 15) is 0 Å². The highest BCUT2D eigenvalue weighted by Crippen LogP contribution is 2.34. The Hall–Kier alpha value is -2.02. The van der Waals surface area contributed by atoms with E-state index in [4.69, 9.17) is 21.3 Å². The second-order valence-electron chi connectivity index (χ2n) is 9.19. The van der Waals surface area contributed by atoms with Crippen molar-refractivity contribution in [2.75, 3.05) is 32.1 Å². The molecule has 2 aliphatic rings. The van der Waals surface area contributed by atoms with Crippen molar-refractivity contribution in [1.82, 2.24) is 15.3 Å². The summed E-state index contributed by atoms with van der Waals surface area (Å²) in [5.74, 6) is 0.647. The van der Waals surface area contributed by atoms with Crippen LogP contribution in [0, 0.1) is 0 Å². The summed E-state index contributed by atoms with van der Waals surface area (Å²) >= 11 is 6.51. The van der Waals surface area contributed by atoms with Crippen molar-refractivity contribution in [2.45, 2.75) is 57.0 Å². The highest BCUT2D eigenvalue weighted by molar-refractivity contribution is 6.32. The lowest BCUT2D eigenvalue weighted by Crippen LogP contribution is -2.38. The normalized spacial score (nSPS) is 22.2. The van der Waals surface area contributed by atoms with Gasteiger partial charge in [-0.2, -0.15) is 0 Å². The van der Waals surface area contributed by atoms with Crippen LogP contribution in [0.4, 0.5) is 5.95 Å². The Morgan fingerprint density at radius 1 is 1.16 bits per heavy atom. The molecule has 0 amide bonds. The van der Waals surface area contributed by atoms with Crippen LogP contribution in [-0.2, 0) is 10.2 Å². The summed E-state index contributed by atoms with van der Waals surface area (Å²) in [4.78, 5) is 13.7. The molecule has 1 aliphatic carbocycles. The van der Waals surface area contributed by atoms with Crippen molar-refractivity contribution < 1.29 is 4.74 Å². The summed E-state index contributed by atoms with van der Waals surface area (Å²) in [6.45, 7) is 6.90. The van der Waals surface area contributed by atoms with E-state index in [2.05, 4.69) is 52.7 Å². The van der Waals surface area contributed by atoms with Crippen molar-refractivity contribution in [1.29, 1.82) is 0 Å². The predicted octanol–water partition coefficient (Wildman–Crippen LogP) is 4.47. The van der Waals surface area contributed by atoms with Crippen molar-refractivity contribution >= 4 is 23.8 Å². The summed E-state index contributed by atoms with van der Waals surface area (Å²) in [6, 6.07) is 7.33. The number of nitrogens with zero attached hydrogens (tertiary/aromatic N) is 3. The van der Waals surface area contributed by atoms with Gasteiger partial charge in [-0.3, -0.25) is 4.99 Å². The Labute approximate surface area is 189 Å². The minimum atomic E-state index is -0.00337. The molecule has 0 spiro atoms. The number of fused-ring (bicyclic) bond motifs is 1. The Bertz CT molecular complexity index is 938. The third-order valence-electron chi connectivity index (χ3n) is 6.32. The first-order chi connectivity index (χ1) is 15.0. The van der Waals surface area contributed by atoms with Crippen molar-refractivity contribution in [3.05, 3.63) is 40.5 Å². The SMILES string of the molecule is COCCNC1CCC(Nc2ncc(Cl)c(-c3ccc4c(c3)C(C)(C)CN=C4)n2)CC1. The van der Waals surface area contributed by atoms with Crippen LogP contribution in [0.25, 0.3) is 11.3 Å². The number of rotatable bonds is 7. The van der Waals surface area contributed by atoms with Crippen LogP contribution in [0.5, 0.6) is 0 Å². The molecule has 1 fully saturated rings. The van der Waals surface area contributed by atoms with Crippen LogP contribution >= 0.6 is 11.6 Å². The molecule has 0 unspecified atom stereocenters. The maximum absolute atomic E-state index is 6.51. The van der Waals surface area contributed by atoms with Crippen molar-refractivity contribution in [3.8, 4) is 11.3 Å². The molecular weight excluding hydrogens is 410 g/mol. The van der Waals surface area contributed by atoms with Gasteiger partial charge in [-0.15, -0.1) is 0 Å². The van der Waals surface area contributed by atoms with E-state index in [1.165, 1.54) is 11.1 Å². The molecule has 0 atom stereocenters. The van der Waals surface area contributed by atoms with E-state index in [1.54, 1.807) is 13.3 Å². The summed E-state index contributed by atoms with van der Waals surface area (Å²) in [5.41, 5.74) is 4.23. The fourth-order valence-electron chi connectivity index (χ4n) is 4.49. The zero-order chi connectivity index (χ0) is 21.8. The van der Waals surface area contributed by atoms with Gasteiger partial charge >= 0.3 is 0 Å². The van der Waals surface area contributed by atoms with E-state index in [0.717, 1.165) is 56.6 Å². The van der Waals surface area contributed by atoms with Gasteiger partial charge in [0.05, 0.1) is 23.5 Å². The highest BCUT2D eigenvalue weighted by atomic mass is 35.5. The summed E-state index contributed by atoms with van der Waals surface area (Å²) < 4.78 is 5.12. The number of nitrogens with one attached hydrogen (secondary N) is 2. The van der Waals surface area contributed by atoms with Crippen LogP contribution in [0.3, 0.4) is 0 Å². The minimum Gasteiger partial charge on any atom is -0.383 e. The Morgan fingerprint density at radius 2 is 1.94 bits per heavy atom. The van der Waals surface area contributed by atoms with Gasteiger partial charge in [0.2, 0.25) is 5.95 Å². The molecule has 2 N–H and O–H groups in total. The third-order valence-corrected chi connectivity index (χ3v) is 6.59. The number of benzene rings is 1. The quantitative estimate of drug-likeness (QED) is 0.620. The number of hydrogen-bond acceptors (Lipinski definition) is 6. The highest BCUT2D eigenvalue weighted by Gasteiger charge is 2.27. The third kappa shape index (κ3) is 5.25. The second-order valence-corrected chi connectivity index (χ2v) is 9.59. The van der Waals surface area contributed by atoms with E-state index in [1.807, 2.05) is 6.21 Å². The number of hydrogen-bond donors (Lipinski definition) is 2. The van der Waals surface area contributed by atoms with Crippen LogP contribution in [-0.4, -0.2) is 55.1 Å². The first kappa shape index (κ1) is 22.2. The number of aliphatic imine (C=N–C) groups is 1. The molecule has 1 saturated carbocycles. The molecule has 31 heavy (non-hydrogen) atoms. The molecule has 1 aliphatic heterocycles. The Balaban J connectivity index is 1.46. The molecule has 1 aromatic heterocycles. The lowest BCUT2D eigenvalue weighted by atomic mass is 9.79. The Morgan fingerprint density at radius 3 is 2.71 bits per heavy atom. The van der Waals surface area contributed by atoms with E-state index >= 15 is 0 Å². The molecule has 7 heteroatoms. The Kier molecular flexibility index (Phi) is 6.89. The van der Waals surface area contributed by atoms with Gasteiger partial charge in [-0.05, 0) is 42.9 Å². The van der Waals surface area contributed by atoms with Gasteiger partial charge in [0.25, 0.3) is 0 Å². The number of anilines is 1. The predicted molar refractivity (Wildman–Crippen MR) is 128 cm³/mol. The topological polar surface area (TPSA) is 71.4 Å². The van der Waals surface area contributed by atoms with Crippen LogP contribution in [0.15, 0.2) is 29.4 Å². The van der Waals surface area contributed by atoms with Gasteiger partial charge in [0.1, 0.15) is 0 Å². The molecule has 0 bridgehead atoms. The van der Waals surface area contributed by atoms with Gasteiger partial charge in [-0.25, -0.2) is 9.97 Å².